The van der Waals surface area contributed by atoms with Crippen LogP contribution >= 0.6 is 0 Å². The molecule has 3 aromatic carbocycles. The van der Waals surface area contributed by atoms with Crippen LogP contribution in [0.3, 0.4) is 0 Å². The normalized spacial score (nSPS) is 27.2. The highest BCUT2D eigenvalue weighted by Gasteiger charge is 2.55. The standard InChI is InChI=1S/C32H33NO2/c1-35-28-16-15-23-20-27-26-12-6-7-17-32(26,29(23)31(28)34)18-19-33(27)30-24-10-4-2-8-21(24)13-14-22-9-3-5-11-25(22)30/h2-5,7-11,15-17,26-27,30,34H,6,12-14,18-20H2,1H3/t26-,27-,32+/m0/s1. The van der Waals surface area contributed by atoms with E-state index in [9.17, 15) is 5.11 Å². The van der Waals surface area contributed by atoms with Crippen LogP contribution in [0.15, 0.2) is 72.8 Å². The van der Waals surface area contributed by atoms with Gasteiger partial charge in [-0.1, -0.05) is 66.7 Å². The fourth-order valence-corrected chi connectivity index (χ4v) is 7.98. The molecule has 2 bridgehead atoms. The molecule has 35 heavy (non-hydrogen) atoms. The molecule has 1 heterocycles. The highest BCUT2D eigenvalue weighted by atomic mass is 16.5. The van der Waals surface area contributed by atoms with E-state index >= 15 is 0 Å². The average Bonchev–Trinajstić information content (AvgIpc) is 3.06. The molecule has 1 fully saturated rings. The number of likely N-dealkylation sites (tertiary alicyclic amines) is 1. The first kappa shape index (κ1) is 21.3. The van der Waals surface area contributed by atoms with Gasteiger partial charge in [-0.25, -0.2) is 0 Å². The summed E-state index contributed by atoms with van der Waals surface area (Å²) >= 11 is 0. The molecule has 0 amide bonds. The quantitative estimate of drug-likeness (QED) is 0.465. The van der Waals surface area contributed by atoms with Gasteiger partial charge in [0.1, 0.15) is 0 Å². The van der Waals surface area contributed by atoms with E-state index in [4.69, 9.17) is 4.74 Å². The van der Waals surface area contributed by atoms with Crippen molar-refractivity contribution in [3.05, 3.63) is 106 Å². The lowest BCUT2D eigenvalue weighted by Crippen LogP contribution is -2.60. The zero-order chi connectivity index (χ0) is 23.6. The van der Waals surface area contributed by atoms with E-state index in [0.29, 0.717) is 23.5 Å². The van der Waals surface area contributed by atoms with E-state index in [-0.39, 0.29) is 11.5 Å². The van der Waals surface area contributed by atoms with E-state index in [2.05, 4.69) is 71.6 Å². The molecule has 3 aromatic rings. The minimum atomic E-state index is -0.102. The fraction of sp³-hybridized carbons (Fsp3) is 0.375. The Kier molecular flexibility index (Phi) is 4.86. The molecule has 3 aliphatic carbocycles. The van der Waals surface area contributed by atoms with Gasteiger partial charge < -0.3 is 9.84 Å². The summed E-state index contributed by atoms with van der Waals surface area (Å²) in [6.07, 6.45) is 11.3. The smallest absolute Gasteiger partial charge is 0.162 e. The molecule has 0 radical (unpaired) electrons. The van der Waals surface area contributed by atoms with Gasteiger partial charge in [-0.15, -0.1) is 0 Å². The molecule has 178 valence electrons. The van der Waals surface area contributed by atoms with E-state index in [1.807, 2.05) is 6.07 Å². The second-order valence-electron chi connectivity index (χ2n) is 10.8. The number of benzene rings is 3. The Hall–Kier alpha value is -3.04. The predicted molar refractivity (Wildman–Crippen MR) is 139 cm³/mol. The van der Waals surface area contributed by atoms with Crippen molar-refractivity contribution in [3.63, 3.8) is 0 Å². The number of nitrogens with zero attached hydrogens (tertiary/aromatic N) is 1. The number of aromatic hydroxyl groups is 1. The van der Waals surface area contributed by atoms with Crippen molar-refractivity contribution in [1.82, 2.24) is 4.90 Å². The minimum absolute atomic E-state index is 0.102. The lowest BCUT2D eigenvalue weighted by molar-refractivity contribution is 0.00581. The number of phenols is 1. The molecular formula is C32H33NO2. The third-order valence-electron chi connectivity index (χ3n) is 9.43. The molecule has 3 atom stereocenters. The maximum absolute atomic E-state index is 11.3. The number of hydrogen-bond acceptors (Lipinski definition) is 3. The van der Waals surface area contributed by atoms with Crippen molar-refractivity contribution in [2.45, 2.75) is 56.0 Å². The lowest BCUT2D eigenvalue weighted by atomic mass is 9.54. The lowest BCUT2D eigenvalue weighted by Gasteiger charge is -2.59. The van der Waals surface area contributed by atoms with Crippen LogP contribution in [0.2, 0.25) is 0 Å². The van der Waals surface area contributed by atoms with Crippen LogP contribution < -0.4 is 4.74 Å². The van der Waals surface area contributed by atoms with Crippen LogP contribution in [0.4, 0.5) is 0 Å². The van der Waals surface area contributed by atoms with Gasteiger partial charge in [0.05, 0.1) is 13.2 Å². The van der Waals surface area contributed by atoms with Gasteiger partial charge in [-0.05, 0) is 78.3 Å². The minimum Gasteiger partial charge on any atom is -0.504 e. The predicted octanol–water partition coefficient (Wildman–Crippen LogP) is 6.12. The summed E-state index contributed by atoms with van der Waals surface area (Å²) in [5.41, 5.74) is 8.28. The molecule has 7 rings (SSSR count). The first-order valence-corrected chi connectivity index (χ1v) is 13.2. The Morgan fingerprint density at radius 1 is 0.914 bits per heavy atom. The van der Waals surface area contributed by atoms with Crippen LogP contribution in [-0.2, 0) is 24.7 Å². The molecule has 1 N–H and O–H groups in total. The zero-order valence-electron chi connectivity index (χ0n) is 20.4. The van der Waals surface area contributed by atoms with Crippen molar-refractivity contribution < 1.29 is 9.84 Å². The van der Waals surface area contributed by atoms with Crippen LogP contribution in [0.5, 0.6) is 11.5 Å². The van der Waals surface area contributed by atoms with Gasteiger partial charge in [-0.3, -0.25) is 4.90 Å². The van der Waals surface area contributed by atoms with Crippen molar-refractivity contribution in [1.29, 1.82) is 0 Å². The first-order valence-electron chi connectivity index (χ1n) is 13.2. The Bertz CT molecular complexity index is 1280. The highest BCUT2D eigenvalue weighted by Crippen LogP contribution is 2.58. The molecule has 0 unspecified atom stereocenters. The van der Waals surface area contributed by atoms with E-state index in [0.717, 1.165) is 44.2 Å². The number of fused-ring (bicyclic) bond motifs is 3. The average molecular weight is 464 g/mol. The summed E-state index contributed by atoms with van der Waals surface area (Å²) in [6.45, 7) is 1.02. The first-order chi connectivity index (χ1) is 17.2. The number of phenolic OH excluding ortho intramolecular Hbond substituents is 1. The van der Waals surface area contributed by atoms with E-state index in [1.165, 1.54) is 34.2 Å². The Labute approximate surface area is 208 Å². The molecule has 0 spiro atoms. The highest BCUT2D eigenvalue weighted by molar-refractivity contribution is 5.58. The Morgan fingerprint density at radius 2 is 1.63 bits per heavy atom. The van der Waals surface area contributed by atoms with Crippen LogP contribution in [-0.4, -0.2) is 29.7 Å². The van der Waals surface area contributed by atoms with Crippen molar-refractivity contribution in [3.8, 4) is 11.5 Å². The summed E-state index contributed by atoms with van der Waals surface area (Å²) in [4.78, 5) is 2.84. The van der Waals surface area contributed by atoms with Gasteiger partial charge in [0.2, 0.25) is 0 Å². The van der Waals surface area contributed by atoms with Gasteiger partial charge in [0.25, 0.3) is 0 Å². The van der Waals surface area contributed by atoms with Gasteiger partial charge in [-0.2, -0.15) is 0 Å². The summed E-state index contributed by atoms with van der Waals surface area (Å²) in [7, 11) is 1.66. The van der Waals surface area contributed by atoms with Crippen molar-refractivity contribution in [2.75, 3.05) is 13.7 Å². The summed E-state index contributed by atoms with van der Waals surface area (Å²) in [6, 6.07) is 23.2. The summed E-state index contributed by atoms with van der Waals surface area (Å²) < 4.78 is 5.55. The SMILES string of the molecule is COc1ccc2c(c1O)[C@@]13C=CCC[C@H]1[C@H](C2)N(C1c2ccccc2CCc2ccccc21)CC3. The molecule has 0 saturated carbocycles. The topological polar surface area (TPSA) is 32.7 Å². The zero-order valence-corrected chi connectivity index (χ0v) is 20.4. The second kappa shape index (κ2) is 7.99. The van der Waals surface area contributed by atoms with Crippen LogP contribution in [0.25, 0.3) is 0 Å². The molecule has 4 aliphatic rings. The number of ether oxygens (including phenoxy) is 1. The molecule has 1 saturated heterocycles. The summed E-state index contributed by atoms with van der Waals surface area (Å²) in [5.74, 6) is 1.45. The Morgan fingerprint density at radius 3 is 2.34 bits per heavy atom. The third-order valence-corrected chi connectivity index (χ3v) is 9.43. The molecule has 1 aliphatic heterocycles. The molecular weight excluding hydrogens is 430 g/mol. The van der Waals surface area contributed by atoms with E-state index in [1.54, 1.807) is 7.11 Å². The van der Waals surface area contributed by atoms with Gasteiger partial charge >= 0.3 is 0 Å². The van der Waals surface area contributed by atoms with E-state index < -0.39 is 0 Å². The largest absolute Gasteiger partial charge is 0.504 e. The fourth-order valence-electron chi connectivity index (χ4n) is 7.98. The van der Waals surface area contributed by atoms with Crippen molar-refractivity contribution >= 4 is 0 Å². The van der Waals surface area contributed by atoms with Gasteiger partial charge in [0, 0.05) is 23.6 Å². The number of hydrogen-bond donors (Lipinski definition) is 1. The van der Waals surface area contributed by atoms with Crippen LogP contribution in [0.1, 0.15) is 58.7 Å². The number of rotatable bonds is 2. The monoisotopic (exact) mass is 463 g/mol. The third kappa shape index (κ3) is 3.00. The number of allylic oxidation sites excluding steroid dienone is 2. The van der Waals surface area contributed by atoms with Crippen molar-refractivity contribution in [2.24, 2.45) is 5.92 Å². The number of aryl methyl sites for hydroxylation is 2. The summed E-state index contributed by atoms with van der Waals surface area (Å²) in [5, 5.41) is 11.3. The maximum Gasteiger partial charge on any atom is 0.162 e. The maximum atomic E-state index is 11.3. The molecule has 0 aromatic heterocycles. The molecule has 3 nitrogen and oxygen atoms in total. The Balaban J connectivity index is 1.41. The number of methoxy groups -OCH3 is 1. The van der Waals surface area contributed by atoms with Gasteiger partial charge in [0.15, 0.2) is 11.5 Å². The van der Waals surface area contributed by atoms with Crippen LogP contribution in [0, 0.1) is 5.92 Å². The second-order valence-corrected chi connectivity index (χ2v) is 10.8. The number of piperidine rings is 1. The molecule has 3 heteroatoms.